The van der Waals surface area contributed by atoms with Gasteiger partial charge >= 0.3 is 5.97 Å². The van der Waals surface area contributed by atoms with E-state index in [-0.39, 0.29) is 18.8 Å². The normalized spacial score (nSPS) is 11.2. The molecule has 1 aromatic carbocycles. The molecule has 0 unspecified atom stereocenters. The Bertz CT molecular complexity index is 872. The van der Waals surface area contributed by atoms with Crippen molar-refractivity contribution in [3.05, 3.63) is 41.5 Å². The first-order valence-corrected chi connectivity index (χ1v) is 8.97. The molecule has 0 bridgehead atoms. The summed E-state index contributed by atoms with van der Waals surface area (Å²) in [6.45, 7) is 1.60. The SMILES string of the molecule is CCOC(=O)c1c(S(C)(=O)=O)nn(C(=O)Cc2ccccc2)c1N. The molecule has 0 spiro atoms. The van der Waals surface area contributed by atoms with Crippen LogP contribution in [0.15, 0.2) is 35.4 Å². The molecule has 24 heavy (non-hydrogen) atoms. The molecule has 0 aliphatic carbocycles. The molecule has 128 valence electrons. The van der Waals surface area contributed by atoms with E-state index in [1.165, 1.54) is 0 Å². The van der Waals surface area contributed by atoms with Crippen LogP contribution in [0.1, 0.15) is 27.6 Å². The molecule has 0 atom stereocenters. The number of ether oxygens (including phenoxy) is 1. The van der Waals surface area contributed by atoms with Gasteiger partial charge in [-0.2, -0.15) is 9.78 Å². The number of nitrogen functional groups attached to an aromatic ring is 1. The number of carbonyl (C=O) groups excluding carboxylic acids is 2. The molecule has 0 saturated heterocycles. The van der Waals surface area contributed by atoms with Gasteiger partial charge in [0.25, 0.3) is 5.91 Å². The maximum atomic E-state index is 12.4. The molecule has 0 radical (unpaired) electrons. The van der Waals surface area contributed by atoms with Gasteiger partial charge in [0.1, 0.15) is 11.4 Å². The zero-order chi connectivity index (χ0) is 17.9. The molecule has 0 amide bonds. The molecular formula is C15H17N3O5S. The highest BCUT2D eigenvalue weighted by atomic mass is 32.2. The molecule has 9 heteroatoms. The first-order valence-electron chi connectivity index (χ1n) is 7.08. The number of rotatable bonds is 5. The lowest BCUT2D eigenvalue weighted by molar-refractivity contribution is 0.0523. The largest absolute Gasteiger partial charge is 0.462 e. The summed E-state index contributed by atoms with van der Waals surface area (Å²) in [6, 6.07) is 8.81. The van der Waals surface area contributed by atoms with Crippen LogP contribution < -0.4 is 5.73 Å². The van der Waals surface area contributed by atoms with Crippen molar-refractivity contribution in [2.75, 3.05) is 18.6 Å². The zero-order valence-electron chi connectivity index (χ0n) is 13.2. The third-order valence-electron chi connectivity index (χ3n) is 3.15. The summed E-state index contributed by atoms with van der Waals surface area (Å²) in [6.07, 6.45) is 0.835. The van der Waals surface area contributed by atoms with Crippen molar-refractivity contribution in [3.63, 3.8) is 0 Å². The van der Waals surface area contributed by atoms with Gasteiger partial charge in [-0.3, -0.25) is 4.79 Å². The van der Waals surface area contributed by atoms with Crippen molar-refractivity contribution in [2.24, 2.45) is 0 Å². The van der Waals surface area contributed by atoms with E-state index in [2.05, 4.69) is 5.10 Å². The molecular weight excluding hydrogens is 334 g/mol. The Hall–Kier alpha value is -2.68. The van der Waals surface area contributed by atoms with Gasteiger partial charge in [-0.1, -0.05) is 30.3 Å². The van der Waals surface area contributed by atoms with Crippen LogP contribution in [-0.2, 0) is 21.0 Å². The Morgan fingerprint density at radius 2 is 1.88 bits per heavy atom. The standard InChI is InChI=1S/C15H17N3O5S/c1-3-23-15(20)12-13(16)18(17-14(12)24(2,21)22)11(19)9-10-7-5-4-6-8-10/h4-8H,3,9,16H2,1-2H3. The van der Waals surface area contributed by atoms with E-state index in [0.717, 1.165) is 10.9 Å². The Balaban J connectivity index is 2.48. The van der Waals surface area contributed by atoms with Crippen molar-refractivity contribution in [3.8, 4) is 0 Å². The molecule has 0 fully saturated rings. The predicted octanol–water partition coefficient (Wildman–Crippen LogP) is 0.928. The summed E-state index contributed by atoms with van der Waals surface area (Å²) in [4.78, 5) is 24.4. The van der Waals surface area contributed by atoms with Crippen molar-refractivity contribution >= 4 is 27.5 Å². The van der Waals surface area contributed by atoms with Crippen LogP contribution in [0.4, 0.5) is 5.82 Å². The molecule has 1 aromatic heterocycles. The fourth-order valence-corrected chi connectivity index (χ4v) is 2.89. The van der Waals surface area contributed by atoms with Gasteiger partial charge in [-0.15, -0.1) is 0 Å². The Labute approximate surface area is 139 Å². The maximum Gasteiger partial charge on any atom is 0.344 e. The first-order chi connectivity index (χ1) is 11.3. The topological polar surface area (TPSA) is 121 Å². The van der Waals surface area contributed by atoms with Crippen molar-refractivity contribution in [2.45, 2.75) is 18.4 Å². The van der Waals surface area contributed by atoms with Gasteiger partial charge in [-0.25, -0.2) is 13.2 Å². The van der Waals surface area contributed by atoms with Crippen LogP contribution in [0, 0.1) is 0 Å². The second-order valence-corrected chi connectivity index (χ2v) is 6.96. The van der Waals surface area contributed by atoms with E-state index < -0.39 is 32.3 Å². The van der Waals surface area contributed by atoms with E-state index in [1.807, 2.05) is 0 Å². The zero-order valence-corrected chi connectivity index (χ0v) is 14.0. The van der Waals surface area contributed by atoms with Crippen LogP contribution in [0.5, 0.6) is 0 Å². The van der Waals surface area contributed by atoms with Gasteiger partial charge in [0.15, 0.2) is 14.9 Å². The maximum absolute atomic E-state index is 12.4. The van der Waals surface area contributed by atoms with Crippen molar-refractivity contribution < 1.29 is 22.7 Å². The number of aromatic nitrogens is 2. The predicted molar refractivity (Wildman–Crippen MR) is 86.5 cm³/mol. The second kappa shape index (κ2) is 6.83. The number of hydrogen-bond donors (Lipinski definition) is 1. The molecule has 1 heterocycles. The van der Waals surface area contributed by atoms with Gasteiger partial charge < -0.3 is 10.5 Å². The summed E-state index contributed by atoms with van der Waals surface area (Å²) in [5, 5.41) is 3.16. The van der Waals surface area contributed by atoms with E-state index in [4.69, 9.17) is 10.5 Å². The molecule has 2 N–H and O–H groups in total. The van der Waals surface area contributed by atoms with Gasteiger partial charge in [-0.05, 0) is 12.5 Å². The summed E-state index contributed by atoms with van der Waals surface area (Å²) in [5.74, 6) is -1.84. The minimum absolute atomic E-state index is 0.0324. The number of anilines is 1. The van der Waals surface area contributed by atoms with Crippen molar-refractivity contribution in [1.82, 2.24) is 9.78 Å². The van der Waals surface area contributed by atoms with Crippen LogP contribution in [0.2, 0.25) is 0 Å². The fourth-order valence-electron chi connectivity index (χ4n) is 2.10. The summed E-state index contributed by atoms with van der Waals surface area (Å²) in [5.41, 5.74) is 6.09. The number of nitrogens with two attached hydrogens (primary N) is 1. The van der Waals surface area contributed by atoms with Gasteiger partial charge in [0.2, 0.25) is 0 Å². The van der Waals surface area contributed by atoms with Gasteiger partial charge in [0, 0.05) is 6.26 Å². The summed E-state index contributed by atoms with van der Waals surface area (Å²) >= 11 is 0. The number of carbonyl (C=O) groups is 2. The van der Waals surface area contributed by atoms with E-state index in [0.29, 0.717) is 5.56 Å². The molecule has 2 rings (SSSR count). The second-order valence-electron chi connectivity index (χ2n) is 5.03. The number of hydrogen-bond acceptors (Lipinski definition) is 7. The number of sulfone groups is 1. The van der Waals surface area contributed by atoms with Crippen LogP contribution in [0.25, 0.3) is 0 Å². The Kier molecular flexibility index (Phi) is 5.03. The highest BCUT2D eigenvalue weighted by Gasteiger charge is 2.31. The average Bonchev–Trinajstić information content (AvgIpc) is 2.86. The minimum atomic E-state index is -3.87. The molecule has 2 aromatic rings. The summed E-state index contributed by atoms with van der Waals surface area (Å²) < 4.78 is 29.3. The number of benzene rings is 1. The lowest BCUT2D eigenvalue weighted by Gasteiger charge is -2.04. The monoisotopic (exact) mass is 351 g/mol. The number of esters is 1. The molecule has 8 nitrogen and oxygen atoms in total. The molecule has 0 aliphatic rings. The van der Waals surface area contributed by atoms with E-state index in [1.54, 1.807) is 37.3 Å². The van der Waals surface area contributed by atoms with Gasteiger partial charge in [0.05, 0.1) is 13.0 Å². The van der Waals surface area contributed by atoms with E-state index in [9.17, 15) is 18.0 Å². The quantitative estimate of drug-likeness (QED) is 0.795. The third-order valence-corrected chi connectivity index (χ3v) is 4.14. The van der Waals surface area contributed by atoms with E-state index >= 15 is 0 Å². The third kappa shape index (κ3) is 3.62. The van der Waals surface area contributed by atoms with Crippen LogP contribution in [0.3, 0.4) is 0 Å². The Morgan fingerprint density at radius 3 is 2.42 bits per heavy atom. The van der Waals surface area contributed by atoms with Crippen LogP contribution in [-0.4, -0.2) is 42.9 Å². The smallest absolute Gasteiger partial charge is 0.344 e. The Morgan fingerprint density at radius 1 is 1.25 bits per heavy atom. The van der Waals surface area contributed by atoms with Crippen molar-refractivity contribution in [1.29, 1.82) is 0 Å². The molecule has 0 aliphatic heterocycles. The number of nitrogens with zero attached hydrogens (tertiary/aromatic N) is 2. The highest BCUT2D eigenvalue weighted by molar-refractivity contribution is 7.90. The van der Waals surface area contributed by atoms with Crippen LogP contribution >= 0.6 is 0 Å². The average molecular weight is 351 g/mol. The minimum Gasteiger partial charge on any atom is -0.462 e. The highest BCUT2D eigenvalue weighted by Crippen LogP contribution is 2.23. The lowest BCUT2D eigenvalue weighted by atomic mass is 10.1. The fraction of sp³-hybridized carbons (Fsp3) is 0.267. The first kappa shape index (κ1) is 17.7. The lowest BCUT2D eigenvalue weighted by Crippen LogP contribution is -2.18. The summed E-state index contributed by atoms with van der Waals surface area (Å²) in [7, 11) is -3.87. The molecule has 0 saturated carbocycles.